The van der Waals surface area contributed by atoms with Crippen molar-refractivity contribution in [2.24, 2.45) is 0 Å². The smallest absolute Gasteiger partial charge is 0.236 e. The van der Waals surface area contributed by atoms with Crippen molar-refractivity contribution < 1.29 is 4.79 Å². The summed E-state index contributed by atoms with van der Waals surface area (Å²) in [5.74, 6) is 1.51. The first-order chi connectivity index (χ1) is 16.2. The molecule has 0 aromatic carbocycles. The standard InChI is InChI=1S/C23H28N6OS3/c1-2-12-29-20(17-13-31-18-11-7-6-10-16(17)18)25-28-23(29)32-14-19(30)24-22-27-26-21(33-22)15-8-4-3-5-9-15/h2,13,15H,1,3-12,14H2,(H,24,27,30). The van der Waals surface area contributed by atoms with Crippen LogP contribution in [0.15, 0.2) is 23.2 Å². The number of thioether (sulfide) groups is 1. The highest BCUT2D eigenvalue weighted by atomic mass is 32.2. The van der Waals surface area contributed by atoms with Crippen LogP contribution in [0.2, 0.25) is 0 Å². The minimum atomic E-state index is -0.103. The molecule has 1 amide bonds. The number of carbonyl (C=O) groups excluding carboxylic acids is 1. The van der Waals surface area contributed by atoms with Gasteiger partial charge in [0.25, 0.3) is 0 Å². The molecule has 1 fully saturated rings. The molecule has 3 aromatic rings. The molecule has 1 saturated carbocycles. The van der Waals surface area contributed by atoms with Crippen LogP contribution < -0.4 is 5.32 Å². The Morgan fingerprint density at radius 3 is 2.85 bits per heavy atom. The Labute approximate surface area is 206 Å². The lowest BCUT2D eigenvalue weighted by Gasteiger charge is -2.18. The van der Waals surface area contributed by atoms with E-state index in [1.165, 1.54) is 84.0 Å². The summed E-state index contributed by atoms with van der Waals surface area (Å²) in [6, 6.07) is 0. The van der Waals surface area contributed by atoms with Gasteiger partial charge in [-0.1, -0.05) is 48.4 Å². The summed E-state index contributed by atoms with van der Waals surface area (Å²) >= 11 is 4.73. The molecule has 7 nitrogen and oxygen atoms in total. The first-order valence-electron chi connectivity index (χ1n) is 11.6. The van der Waals surface area contributed by atoms with E-state index in [2.05, 4.69) is 42.2 Å². The predicted molar refractivity (Wildman–Crippen MR) is 135 cm³/mol. The number of hydrogen-bond donors (Lipinski definition) is 1. The molecule has 3 aromatic heterocycles. The highest BCUT2D eigenvalue weighted by Gasteiger charge is 2.23. The van der Waals surface area contributed by atoms with Gasteiger partial charge in [0.1, 0.15) is 5.01 Å². The molecule has 0 unspecified atom stereocenters. The molecule has 2 aliphatic rings. The fourth-order valence-corrected chi connectivity index (χ4v) is 7.46. The van der Waals surface area contributed by atoms with Crippen LogP contribution in [0.1, 0.15) is 66.3 Å². The van der Waals surface area contributed by atoms with Gasteiger partial charge in [-0.05, 0) is 44.1 Å². The molecule has 1 N–H and O–H groups in total. The van der Waals surface area contributed by atoms with Crippen LogP contribution in [0.4, 0.5) is 5.13 Å². The second-order valence-electron chi connectivity index (χ2n) is 8.58. The van der Waals surface area contributed by atoms with Gasteiger partial charge >= 0.3 is 0 Å². The summed E-state index contributed by atoms with van der Waals surface area (Å²) in [4.78, 5) is 14.1. The van der Waals surface area contributed by atoms with Crippen LogP contribution in [0, 0.1) is 0 Å². The Hall–Kier alpha value is -2.04. The highest BCUT2D eigenvalue weighted by Crippen LogP contribution is 2.37. The van der Waals surface area contributed by atoms with E-state index in [9.17, 15) is 4.79 Å². The Morgan fingerprint density at radius 1 is 1.15 bits per heavy atom. The van der Waals surface area contributed by atoms with Crippen molar-refractivity contribution in [2.45, 2.75) is 75.4 Å². The summed E-state index contributed by atoms with van der Waals surface area (Å²) < 4.78 is 2.06. The molecule has 2 aliphatic carbocycles. The van der Waals surface area contributed by atoms with E-state index in [1.54, 1.807) is 0 Å². The Balaban J connectivity index is 1.24. The van der Waals surface area contributed by atoms with Crippen LogP contribution in [0.25, 0.3) is 11.4 Å². The Kier molecular flexibility index (Phi) is 7.22. The third-order valence-corrected chi connectivity index (χ3v) is 9.36. The number of nitrogens with one attached hydrogen (secondary N) is 1. The zero-order chi connectivity index (χ0) is 22.6. The van der Waals surface area contributed by atoms with Gasteiger partial charge in [0.2, 0.25) is 11.0 Å². The second-order valence-corrected chi connectivity index (χ2v) is 11.5. The number of carbonyl (C=O) groups is 1. The minimum absolute atomic E-state index is 0.103. The molecule has 174 valence electrons. The maximum absolute atomic E-state index is 12.6. The van der Waals surface area contributed by atoms with Gasteiger partial charge in [-0.15, -0.1) is 38.3 Å². The monoisotopic (exact) mass is 500 g/mol. The van der Waals surface area contributed by atoms with Crippen molar-refractivity contribution >= 4 is 45.5 Å². The molecule has 0 atom stereocenters. The molecule has 5 rings (SSSR count). The van der Waals surface area contributed by atoms with Crippen molar-refractivity contribution in [2.75, 3.05) is 11.1 Å². The number of aromatic nitrogens is 5. The average molecular weight is 501 g/mol. The largest absolute Gasteiger partial charge is 0.300 e. The third-order valence-electron chi connectivity index (χ3n) is 6.30. The molecule has 10 heteroatoms. The van der Waals surface area contributed by atoms with Crippen LogP contribution in [0.3, 0.4) is 0 Å². The zero-order valence-corrected chi connectivity index (χ0v) is 21.0. The van der Waals surface area contributed by atoms with E-state index in [0.717, 1.165) is 28.8 Å². The zero-order valence-electron chi connectivity index (χ0n) is 18.6. The van der Waals surface area contributed by atoms with Crippen molar-refractivity contribution in [1.29, 1.82) is 0 Å². The Bertz CT molecular complexity index is 1130. The fourth-order valence-electron chi connectivity index (χ4n) is 4.65. The number of fused-ring (bicyclic) bond motifs is 1. The number of anilines is 1. The summed E-state index contributed by atoms with van der Waals surface area (Å²) in [7, 11) is 0. The van der Waals surface area contributed by atoms with Crippen LogP contribution in [-0.4, -0.2) is 36.6 Å². The lowest BCUT2D eigenvalue weighted by Crippen LogP contribution is -2.14. The molecule has 0 saturated heterocycles. The number of rotatable bonds is 8. The molecular formula is C23H28N6OS3. The van der Waals surface area contributed by atoms with Gasteiger partial charge < -0.3 is 0 Å². The van der Waals surface area contributed by atoms with Crippen LogP contribution in [0.5, 0.6) is 0 Å². The van der Waals surface area contributed by atoms with Crippen molar-refractivity contribution in [1.82, 2.24) is 25.0 Å². The number of nitrogens with zero attached hydrogens (tertiary/aromatic N) is 5. The minimum Gasteiger partial charge on any atom is -0.300 e. The van der Waals surface area contributed by atoms with Crippen molar-refractivity contribution in [3.05, 3.63) is 33.5 Å². The van der Waals surface area contributed by atoms with E-state index < -0.39 is 0 Å². The number of aryl methyl sites for hydroxylation is 1. The molecule has 0 aliphatic heterocycles. The molecule has 0 bridgehead atoms. The number of hydrogen-bond acceptors (Lipinski definition) is 8. The first kappa shape index (κ1) is 22.7. The van der Waals surface area contributed by atoms with Crippen molar-refractivity contribution in [3.8, 4) is 11.4 Å². The lowest BCUT2D eigenvalue weighted by atomic mass is 9.90. The topological polar surface area (TPSA) is 85.6 Å². The van der Waals surface area contributed by atoms with Gasteiger partial charge in [-0.2, -0.15) is 0 Å². The molecular weight excluding hydrogens is 472 g/mol. The van der Waals surface area contributed by atoms with Gasteiger partial charge in [-0.3, -0.25) is 14.7 Å². The maximum Gasteiger partial charge on any atom is 0.236 e. The maximum atomic E-state index is 12.6. The number of thiophene rings is 1. The fraction of sp³-hybridized carbons (Fsp3) is 0.522. The van der Waals surface area contributed by atoms with E-state index in [4.69, 9.17) is 0 Å². The number of amides is 1. The van der Waals surface area contributed by atoms with Gasteiger partial charge in [0, 0.05) is 28.3 Å². The van der Waals surface area contributed by atoms with Gasteiger partial charge in [0.05, 0.1) is 5.75 Å². The van der Waals surface area contributed by atoms with E-state index >= 15 is 0 Å². The highest BCUT2D eigenvalue weighted by molar-refractivity contribution is 7.99. The van der Waals surface area contributed by atoms with Crippen LogP contribution >= 0.6 is 34.4 Å². The van der Waals surface area contributed by atoms with Gasteiger partial charge in [0.15, 0.2) is 11.0 Å². The molecule has 3 heterocycles. The summed E-state index contributed by atoms with van der Waals surface area (Å²) in [5, 5.41) is 24.9. The average Bonchev–Trinajstić information content (AvgIpc) is 3.57. The third kappa shape index (κ3) is 5.07. The summed E-state index contributed by atoms with van der Waals surface area (Å²) in [5.41, 5.74) is 2.60. The van der Waals surface area contributed by atoms with E-state index in [0.29, 0.717) is 17.6 Å². The molecule has 0 radical (unpaired) electrons. The van der Waals surface area contributed by atoms with Gasteiger partial charge in [-0.25, -0.2) is 0 Å². The second kappa shape index (κ2) is 10.5. The molecule has 33 heavy (non-hydrogen) atoms. The predicted octanol–water partition coefficient (Wildman–Crippen LogP) is 5.70. The van der Waals surface area contributed by atoms with E-state index in [1.807, 2.05) is 17.4 Å². The lowest BCUT2D eigenvalue weighted by molar-refractivity contribution is -0.113. The molecule has 0 spiro atoms. The van der Waals surface area contributed by atoms with E-state index in [-0.39, 0.29) is 11.7 Å². The number of allylic oxidation sites excluding steroid dienone is 1. The van der Waals surface area contributed by atoms with Crippen LogP contribution in [-0.2, 0) is 24.2 Å². The normalized spacial score (nSPS) is 16.5. The quantitative estimate of drug-likeness (QED) is 0.315. The summed E-state index contributed by atoms with van der Waals surface area (Å²) in [6.45, 7) is 4.51. The Morgan fingerprint density at radius 2 is 2.00 bits per heavy atom. The summed E-state index contributed by atoms with van der Waals surface area (Å²) in [6.07, 6.45) is 12.8. The van der Waals surface area contributed by atoms with Crippen molar-refractivity contribution in [3.63, 3.8) is 0 Å². The first-order valence-corrected chi connectivity index (χ1v) is 14.3. The SMILES string of the molecule is C=CCn1c(SCC(=O)Nc2nnc(C3CCCCC3)s2)nnc1-c1csc2c1CCCC2.